The van der Waals surface area contributed by atoms with E-state index in [0.29, 0.717) is 22.2 Å². The number of rotatable bonds is 5. The number of benzene rings is 3. The molecule has 0 unspecified atom stereocenters. The van der Waals surface area contributed by atoms with Crippen LogP contribution >= 0.6 is 23.2 Å². The Morgan fingerprint density at radius 3 is 2.24 bits per heavy atom. The van der Waals surface area contributed by atoms with Crippen LogP contribution in [0, 0.1) is 0 Å². The molecule has 7 heteroatoms. The van der Waals surface area contributed by atoms with E-state index in [1.54, 1.807) is 24.3 Å². The molecule has 0 saturated heterocycles. The van der Waals surface area contributed by atoms with Crippen LogP contribution in [-0.2, 0) is 11.3 Å². The summed E-state index contributed by atoms with van der Waals surface area (Å²) in [6.07, 6.45) is 1.65. The lowest BCUT2D eigenvalue weighted by atomic mass is 10.1. The van der Waals surface area contributed by atoms with E-state index in [9.17, 15) is 9.90 Å². The van der Waals surface area contributed by atoms with Crippen molar-refractivity contribution in [3.63, 3.8) is 0 Å². The first-order valence-corrected chi connectivity index (χ1v) is 9.75. The monoisotopic (exact) mass is 425 g/mol. The number of para-hydroxylation sites is 1. The van der Waals surface area contributed by atoms with Crippen LogP contribution in [0.5, 0.6) is 5.75 Å². The Morgan fingerprint density at radius 2 is 1.62 bits per heavy atom. The molecule has 3 aromatic carbocycles. The van der Waals surface area contributed by atoms with Gasteiger partial charge < -0.3 is 9.67 Å². The summed E-state index contributed by atoms with van der Waals surface area (Å²) in [7, 11) is 0. The van der Waals surface area contributed by atoms with Crippen molar-refractivity contribution in [3.8, 4) is 5.75 Å². The van der Waals surface area contributed by atoms with E-state index >= 15 is 0 Å². The molecule has 29 heavy (non-hydrogen) atoms. The molecule has 1 heterocycles. The minimum Gasteiger partial charge on any atom is -0.507 e. The zero-order valence-corrected chi connectivity index (χ0v) is 16.8. The molecule has 0 aliphatic heterocycles. The third kappa shape index (κ3) is 4.06. The van der Waals surface area contributed by atoms with E-state index in [0.717, 1.165) is 21.8 Å². The maximum atomic E-state index is 12.3. The van der Waals surface area contributed by atoms with Crippen molar-refractivity contribution in [2.75, 3.05) is 0 Å². The number of fused-ring (bicyclic) bond motifs is 3. The van der Waals surface area contributed by atoms with Crippen molar-refractivity contribution in [1.82, 2.24) is 9.99 Å². The predicted octanol–water partition coefficient (Wildman–Crippen LogP) is 5.35. The molecule has 0 atom stereocenters. The Bertz CT molecular complexity index is 1190. The highest BCUT2D eigenvalue weighted by atomic mass is 35.5. The summed E-state index contributed by atoms with van der Waals surface area (Å²) in [5.74, 6) is -0.123. The summed E-state index contributed by atoms with van der Waals surface area (Å²) in [5, 5.41) is 16.9. The average Bonchev–Trinajstić information content (AvgIpc) is 3.00. The summed E-state index contributed by atoms with van der Waals surface area (Å²) in [5.41, 5.74) is 5.00. The molecule has 1 amide bonds. The second-order valence-electron chi connectivity index (χ2n) is 6.58. The first kappa shape index (κ1) is 19.3. The fourth-order valence-electron chi connectivity index (χ4n) is 3.33. The van der Waals surface area contributed by atoms with Crippen molar-refractivity contribution in [3.05, 3.63) is 76.3 Å². The van der Waals surface area contributed by atoms with Gasteiger partial charge in [0.2, 0.25) is 5.91 Å². The number of aryl methyl sites for hydroxylation is 1. The number of phenolic OH excluding ortho intramolecular Hbond substituents is 1. The molecule has 146 valence electrons. The highest BCUT2D eigenvalue weighted by Crippen LogP contribution is 2.33. The van der Waals surface area contributed by atoms with Crippen LogP contribution < -0.4 is 5.43 Å². The number of nitrogens with one attached hydrogen (secondary N) is 1. The number of amides is 1. The summed E-state index contributed by atoms with van der Waals surface area (Å²) < 4.78 is 2.07. The molecule has 0 aliphatic carbocycles. The number of phenols is 1. The van der Waals surface area contributed by atoms with Gasteiger partial charge in [0.1, 0.15) is 5.75 Å². The maximum absolute atomic E-state index is 12.3. The average molecular weight is 426 g/mol. The topological polar surface area (TPSA) is 66.6 Å². The standard InChI is InChI=1S/C22H17Cl2N3O2/c23-15-5-7-19-17(11-15)18-12-16(24)6-8-20(18)27(19)10-9-22(29)26-25-13-14-3-1-2-4-21(14)28/h1-8,11-13,28H,9-10H2,(H,26,29). The van der Waals surface area contributed by atoms with Gasteiger partial charge in [-0.3, -0.25) is 4.79 Å². The lowest BCUT2D eigenvalue weighted by molar-refractivity contribution is -0.121. The zero-order valence-electron chi connectivity index (χ0n) is 15.3. The number of hydrazone groups is 1. The normalized spacial score (nSPS) is 11.5. The fraction of sp³-hybridized carbons (Fsp3) is 0.0909. The maximum Gasteiger partial charge on any atom is 0.241 e. The van der Waals surface area contributed by atoms with Crippen LogP contribution in [0.2, 0.25) is 10.0 Å². The van der Waals surface area contributed by atoms with E-state index in [1.165, 1.54) is 6.21 Å². The minimum absolute atomic E-state index is 0.105. The number of aromatic nitrogens is 1. The van der Waals surface area contributed by atoms with E-state index in [4.69, 9.17) is 23.2 Å². The largest absolute Gasteiger partial charge is 0.507 e. The van der Waals surface area contributed by atoms with Gasteiger partial charge in [-0.2, -0.15) is 5.10 Å². The molecule has 1 aromatic heterocycles. The van der Waals surface area contributed by atoms with Gasteiger partial charge in [0.25, 0.3) is 0 Å². The zero-order chi connectivity index (χ0) is 20.4. The third-order valence-electron chi connectivity index (χ3n) is 4.68. The number of hydrogen-bond donors (Lipinski definition) is 2. The first-order valence-electron chi connectivity index (χ1n) is 9.00. The summed E-state index contributed by atoms with van der Waals surface area (Å²) in [6.45, 7) is 0.473. The van der Waals surface area contributed by atoms with Gasteiger partial charge in [-0.1, -0.05) is 35.3 Å². The number of carbonyl (C=O) groups excluding carboxylic acids is 1. The summed E-state index contributed by atoms with van der Waals surface area (Å²) >= 11 is 12.3. The summed E-state index contributed by atoms with van der Waals surface area (Å²) in [6, 6.07) is 18.1. The molecular formula is C22H17Cl2N3O2. The molecule has 0 fully saturated rings. The number of carbonyl (C=O) groups is 1. The molecule has 2 N–H and O–H groups in total. The highest BCUT2D eigenvalue weighted by molar-refractivity contribution is 6.33. The van der Waals surface area contributed by atoms with Crippen molar-refractivity contribution in [2.45, 2.75) is 13.0 Å². The van der Waals surface area contributed by atoms with E-state index < -0.39 is 0 Å². The second-order valence-corrected chi connectivity index (χ2v) is 7.45. The predicted molar refractivity (Wildman–Crippen MR) is 118 cm³/mol. The molecule has 4 rings (SSSR count). The fourth-order valence-corrected chi connectivity index (χ4v) is 3.67. The van der Waals surface area contributed by atoms with Crippen molar-refractivity contribution >= 4 is 57.1 Å². The van der Waals surface area contributed by atoms with Crippen molar-refractivity contribution < 1.29 is 9.90 Å². The second kappa shape index (κ2) is 8.15. The van der Waals surface area contributed by atoms with Gasteiger partial charge in [-0.25, -0.2) is 5.43 Å². The Balaban J connectivity index is 1.53. The van der Waals surface area contributed by atoms with E-state index in [1.807, 2.05) is 36.4 Å². The molecule has 0 aliphatic rings. The van der Waals surface area contributed by atoms with Crippen LogP contribution in [0.1, 0.15) is 12.0 Å². The molecule has 0 spiro atoms. The Morgan fingerprint density at radius 1 is 1.00 bits per heavy atom. The summed E-state index contributed by atoms with van der Waals surface area (Å²) in [4.78, 5) is 12.3. The van der Waals surface area contributed by atoms with Crippen LogP contribution in [0.4, 0.5) is 0 Å². The number of aromatic hydroxyl groups is 1. The Hall–Kier alpha value is -3.02. The Kier molecular flexibility index (Phi) is 5.43. The van der Waals surface area contributed by atoms with Crippen molar-refractivity contribution in [2.24, 2.45) is 5.10 Å². The van der Waals surface area contributed by atoms with Gasteiger partial charge in [-0.15, -0.1) is 0 Å². The highest BCUT2D eigenvalue weighted by Gasteiger charge is 2.12. The van der Waals surface area contributed by atoms with Crippen LogP contribution in [0.3, 0.4) is 0 Å². The van der Waals surface area contributed by atoms with Gasteiger partial charge >= 0.3 is 0 Å². The Labute approximate surface area is 177 Å². The lowest BCUT2D eigenvalue weighted by Crippen LogP contribution is -2.19. The van der Waals surface area contributed by atoms with Crippen molar-refractivity contribution in [1.29, 1.82) is 0 Å². The molecule has 5 nitrogen and oxygen atoms in total. The van der Waals surface area contributed by atoms with E-state index in [2.05, 4.69) is 15.1 Å². The molecule has 0 radical (unpaired) electrons. The number of hydrogen-bond acceptors (Lipinski definition) is 3. The minimum atomic E-state index is -0.227. The lowest BCUT2D eigenvalue weighted by Gasteiger charge is -2.07. The van der Waals surface area contributed by atoms with Gasteiger partial charge in [0, 0.05) is 50.4 Å². The molecule has 4 aromatic rings. The van der Waals surface area contributed by atoms with E-state index in [-0.39, 0.29) is 18.1 Å². The van der Waals surface area contributed by atoms with Gasteiger partial charge in [-0.05, 0) is 48.5 Å². The van der Waals surface area contributed by atoms with Crippen LogP contribution in [0.15, 0.2) is 65.8 Å². The number of halogens is 2. The van der Waals surface area contributed by atoms with Crippen LogP contribution in [0.25, 0.3) is 21.8 Å². The van der Waals surface area contributed by atoms with Gasteiger partial charge in [0.05, 0.1) is 6.21 Å². The van der Waals surface area contributed by atoms with Crippen LogP contribution in [-0.4, -0.2) is 21.8 Å². The SMILES string of the molecule is O=C(CCn1c2ccc(Cl)cc2c2cc(Cl)ccc21)NN=Cc1ccccc1O. The molecular weight excluding hydrogens is 409 g/mol. The quantitative estimate of drug-likeness (QED) is 0.334. The van der Waals surface area contributed by atoms with Gasteiger partial charge in [0.15, 0.2) is 0 Å². The molecule has 0 bridgehead atoms. The first-order chi connectivity index (χ1) is 14.0. The molecule has 0 saturated carbocycles. The third-order valence-corrected chi connectivity index (χ3v) is 5.15. The smallest absolute Gasteiger partial charge is 0.241 e. The number of nitrogens with zero attached hydrogens (tertiary/aromatic N) is 2.